The number of carbonyl (C=O) groups excluding carboxylic acids is 3. The van der Waals surface area contributed by atoms with Gasteiger partial charge >= 0.3 is 5.97 Å². The minimum Gasteiger partial charge on any atom is -0.466 e. The molecule has 7 N–H and O–H groups in total. The SMILES string of the molecule is CCC(=O)N(CCN)CCN.CCOC(=O)CCCCCNC(=O)CN. The summed E-state index contributed by atoms with van der Waals surface area (Å²) < 4.78 is 4.78. The molecular weight excluding hydrogens is 338 g/mol. The molecule has 154 valence electrons. The molecule has 0 bridgehead atoms. The van der Waals surface area contributed by atoms with Crippen molar-refractivity contribution in [2.24, 2.45) is 17.2 Å². The topological polar surface area (TPSA) is 154 Å². The Kier molecular flexibility index (Phi) is 20.0. The molecule has 0 aromatic rings. The van der Waals surface area contributed by atoms with Gasteiger partial charge in [0.15, 0.2) is 0 Å². The van der Waals surface area contributed by atoms with Crippen LogP contribution in [0.3, 0.4) is 0 Å². The number of rotatable bonds is 13. The molecule has 0 saturated heterocycles. The molecule has 0 radical (unpaired) electrons. The Morgan fingerprint density at radius 3 is 2.04 bits per heavy atom. The van der Waals surface area contributed by atoms with Crippen LogP contribution in [0.25, 0.3) is 0 Å². The maximum Gasteiger partial charge on any atom is 0.305 e. The molecule has 0 fully saturated rings. The second kappa shape index (κ2) is 19.6. The van der Waals surface area contributed by atoms with Gasteiger partial charge in [-0.15, -0.1) is 0 Å². The number of nitrogens with zero attached hydrogens (tertiary/aromatic N) is 1. The molecule has 0 aliphatic heterocycles. The second-order valence-corrected chi connectivity index (χ2v) is 5.48. The Balaban J connectivity index is 0. The first-order chi connectivity index (χ1) is 12.5. The molecule has 0 rings (SSSR count). The lowest BCUT2D eigenvalue weighted by Gasteiger charge is -2.20. The Bertz CT molecular complexity index is 374. The predicted molar refractivity (Wildman–Crippen MR) is 102 cm³/mol. The molecule has 9 heteroatoms. The lowest BCUT2D eigenvalue weighted by Crippen LogP contribution is -2.38. The van der Waals surface area contributed by atoms with Crippen molar-refractivity contribution in [3.05, 3.63) is 0 Å². The summed E-state index contributed by atoms with van der Waals surface area (Å²) in [4.78, 5) is 34.5. The van der Waals surface area contributed by atoms with Gasteiger partial charge in [-0.3, -0.25) is 14.4 Å². The van der Waals surface area contributed by atoms with Crippen LogP contribution in [0.2, 0.25) is 0 Å². The molecule has 0 spiro atoms. The highest BCUT2D eigenvalue weighted by Gasteiger charge is 2.07. The van der Waals surface area contributed by atoms with Gasteiger partial charge in [-0.25, -0.2) is 0 Å². The van der Waals surface area contributed by atoms with Crippen molar-refractivity contribution in [2.75, 3.05) is 45.9 Å². The van der Waals surface area contributed by atoms with Gasteiger partial charge in [-0.1, -0.05) is 13.3 Å². The van der Waals surface area contributed by atoms with E-state index in [-0.39, 0.29) is 24.3 Å². The number of amides is 2. The fourth-order valence-electron chi connectivity index (χ4n) is 2.00. The third-order valence-electron chi connectivity index (χ3n) is 3.32. The van der Waals surface area contributed by atoms with Gasteiger partial charge in [0, 0.05) is 45.6 Å². The number of nitrogens with two attached hydrogens (primary N) is 3. The van der Waals surface area contributed by atoms with Crippen LogP contribution in [0, 0.1) is 0 Å². The summed E-state index contributed by atoms with van der Waals surface area (Å²) in [7, 11) is 0. The van der Waals surface area contributed by atoms with Gasteiger partial charge < -0.3 is 32.2 Å². The number of hydrogen-bond donors (Lipinski definition) is 4. The van der Waals surface area contributed by atoms with Crippen molar-refractivity contribution in [3.8, 4) is 0 Å². The highest BCUT2D eigenvalue weighted by atomic mass is 16.5. The first-order valence-electron chi connectivity index (χ1n) is 9.26. The summed E-state index contributed by atoms with van der Waals surface area (Å²) in [6.07, 6.45) is 3.56. The van der Waals surface area contributed by atoms with Gasteiger partial charge in [0.05, 0.1) is 13.2 Å². The smallest absolute Gasteiger partial charge is 0.305 e. The van der Waals surface area contributed by atoms with Crippen LogP contribution in [-0.2, 0) is 19.1 Å². The Morgan fingerprint density at radius 1 is 0.962 bits per heavy atom. The fraction of sp³-hybridized carbons (Fsp3) is 0.824. The summed E-state index contributed by atoms with van der Waals surface area (Å²) in [5, 5.41) is 2.67. The van der Waals surface area contributed by atoms with Crippen LogP contribution in [0.15, 0.2) is 0 Å². The Hall–Kier alpha value is -1.71. The van der Waals surface area contributed by atoms with E-state index in [0.29, 0.717) is 52.2 Å². The van der Waals surface area contributed by atoms with Crippen LogP contribution in [-0.4, -0.2) is 68.6 Å². The van der Waals surface area contributed by atoms with Crippen molar-refractivity contribution in [3.63, 3.8) is 0 Å². The molecule has 0 aliphatic carbocycles. The second-order valence-electron chi connectivity index (χ2n) is 5.48. The van der Waals surface area contributed by atoms with Gasteiger partial charge in [-0.05, 0) is 19.8 Å². The summed E-state index contributed by atoms with van der Waals surface area (Å²) in [5.74, 6) is -0.162. The van der Waals surface area contributed by atoms with Crippen LogP contribution < -0.4 is 22.5 Å². The van der Waals surface area contributed by atoms with Gasteiger partial charge in [0.1, 0.15) is 0 Å². The molecular formula is C17H37N5O4. The van der Waals surface area contributed by atoms with Crippen molar-refractivity contribution in [1.82, 2.24) is 10.2 Å². The van der Waals surface area contributed by atoms with Crippen LogP contribution in [0.5, 0.6) is 0 Å². The highest BCUT2D eigenvalue weighted by molar-refractivity contribution is 5.77. The van der Waals surface area contributed by atoms with E-state index in [1.807, 2.05) is 6.92 Å². The third-order valence-corrected chi connectivity index (χ3v) is 3.32. The minimum atomic E-state index is -0.150. The molecule has 2 amide bonds. The lowest BCUT2D eigenvalue weighted by molar-refractivity contribution is -0.143. The largest absolute Gasteiger partial charge is 0.466 e. The number of unbranched alkanes of at least 4 members (excludes halogenated alkanes) is 2. The number of esters is 1. The molecule has 0 aromatic heterocycles. The van der Waals surface area contributed by atoms with Crippen molar-refractivity contribution >= 4 is 17.8 Å². The van der Waals surface area contributed by atoms with Crippen molar-refractivity contribution < 1.29 is 19.1 Å². The maximum absolute atomic E-state index is 11.1. The summed E-state index contributed by atoms with van der Waals surface area (Å²) in [5.41, 5.74) is 15.7. The molecule has 0 saturated carbocycles. The maximum atomic E-state index is 11.1. The van der Waals surface area contributed by atoms with Gasteiger partial charge in [-0.2, -0.15) is 0 Å². The van der Waals surface area contributed by atoms with Crippen LogP contribution >= 0.6 is 0 Å². The van der Waals surface area contributed by atoms with Crippen LogP contribution in [0.4, 0.5) is 0 Å². The molecule has 0 heterocycles. The van der Waals surface area contributed by atoms with Crippen molar-refractivity contribution in [1.29, 1.82) is 0 Å². The van der Waals surface area contributed by atoms with E-state index in [2.05, 4.69) is 5.32 Å². The number of hydrogen-bond acceptors (Lipinski definition) is 7. The standard InChI is InChI=1S/C10H20N2O3.C7H17N3O/c1-2-15-10(14)6-4-3-5-7-12-9(13)8-11;1-2-7(11)10(5-3-8)6-4-9/h2-8,11H2,1H3,(H,12,13);2-6,8-9H2,1H3. The number of ether oxygens (including phenoxy) is 1. The molecule has 0 aliphatic rings. The average molecular weight is 376 g/mol. The van der Waals surface area contributed by atoms with E-state index in [4.69, 9.17) is 21.9 Å². The van der Waals surface area contributed by atoms with E-state index in [1.54, 1.807) is 11.8 Å². The Labute approximate surface area is 157 Å². The van der Waals surface area contributed by atoms with Gasteiger partial charge in [0.25, 0.3) is 0 Å². The first kappa shape index (κ1) is 26.5. The summed E-state index contributed by atoms with van der Waals surface area (Å²) in [6.45, 7) is 6.96. The number of nitrogens with one attached hydrogen (secondary N) is 1. The highest BCUT2D eigenvalue weighted by Crippen LogP contribution is 2.00. The average Bonchev–Trinajstić information content (AvgIpc) is 2.64. The zero-order valence-corrected chi connectivity index (χ0v) is 16.3. The zero-order chi connectivity index (χ0) is 20.2. The van der Waals surface area contributed by atoms with E-state index in [1.165, 1.54) is 0 Å². The molecule has 0 aromatic carbocycles. The monoisotopic (exact) mass is 375 g/mol. The predicted octanol–water partition coefficient (Wildman–Crippen LogP) is -0.673. The molecule has 9 nitrogen and oxygen atoms in total. The van der Waals surface area contributed by atoms with E-state index >= 15 is 0 Å². The Morgan fingerprint density at radius 2 is 1.58 bits per heavy atom. The van der Waals surface area contributed by atoms with Crippen molar-refractivity contribution in [2.45, 2.75) is 46.0 Å². The molecule has 0 unspecified atom stereocenters. The zero-order valence-electron chi connectivity index (χ0n) is 16.3. The van der Waals surface area contributed by atoms with E-state index in [0.717, 1.165) is 19.3 Å². The van der Waals surface area contributed by atoms with Crippen LogP contribution in [0.1, 0.15) is 46.0 Å². The minimum absolute atomic E-state index is 0.0306. The normalized spacial score (nSPS) is 9.73. The third kappa shape index (κ3) is 17.1. The number of carbonyl (C=O) groups is 3. The first-order valence-corrected chi connectivity index (χ1v) is 9.26. The van der Waals surface area contributed by atoms with E-state index < -0.39 is 0 Å². The van der Waals surface area contributed by atoms with Gasteiger partial charge in [0.2, 0.25) is 11.8 Å². The lowest BCUT2D eigenvalue weighted by atomic mass is 10.2. The molecule has 26 heavy (non-hydrogen) atoms. The van der Waals surface area contributed by atoms with E-state index in [9.17, 15) is 14.4 Å². The quantitative estimate of drug-likeness (QED) is 0.246. The summed E-state index contributed by atoms with van der Waals surface area (Å²) in [6, 6.07) is 0. The summed E-state index contributed by atoms with van der Waals surface area (Å²) >= 11 is 0. The fourth-order valence-corrected chi connectivity index (χ4v) is 2.00. The molecule has 0 atom stereocenters.